The highest BCUT2D eigenvalue weighted by Crippen LogP contribution is 2.34. The lowest BCUT2D eigenvalue weighted by molar-refractivity contribution is -0.133. The van der Waals surface area contributed by atoms with Gasteiger partial charge in [0.2, 0.25) is 5.91 Å². The molecule has 3 rings (SSSR count). The zero-order chi connectivity index (χ0) is 15.4. The monoisotopic (exact) mass is 299 g/mol. The van der Waals surface area contributed by atoms with Crippen LogP contribution < -0.4 is 0 Å². The molecule has 0 radical (unpaired) electrons. The summed E-state index contributed by atoms with van der Waals surface area (Å²) >= 11 is 0. The van der Waals surface area contributed by atoms with E-state index >= 15 is 0 Å². The van der Waals surface area contributed by atoms with Gasteiger partial charge in [-0.3, -0.25) is 4.79 Å². The molecular weight excluding hydrogens is 278 g/mol. The van der Waals surface area contributed by atoms with Crippen molar-refractivity contribution >= 4 is 5.91 Å². The molecule has 0 aliphatic heterocycles. The molecule has 1 aromatic carbocycles. The van der Waals surface area contributed by atoms with Crippen molar-refractivity contribution in [3.63, 3.8) is 0 Å². The quantitative estimate of drug-likeness (QED) is 0.864. The first-order valence-electron chi connectivity index (χ1n) is 7.75. The van der Waals surface area contributed by atoms with Crippen LogP contribution in [0.5, 0.6) is 0 Å². The fraction of sp³-hybridized carbons (Fsp3) is 0.500. The third-order valence-electron chi connectivity index (χ3n) is 4.60. The number of hydrogen-bond acceptors (Lipinski definition) is 4. The minimum atomic E-state index is 0.0652. The Kier molecular flexibility index (Phi) is 4.46. The zero-order valence-electron chi connectivity index (χ0n) is 12.8. The largest absolute Gasteiger partial charge is 0.341 e. The summed E-state index contributed by atoms with van der Waals surface area (Å²) in [5, 5.41) is 10.8. The molecule has 1 aromatic heterocycles. The smallest absolute Gasteiger partial charge is 0.244 e. The third kappa shape index (κ3) is 3.32. The van der Waals surface area contributed by atoms with Gasteiger partial charge in [0.1, 0.15) is 12.9 Å². The zero-order valence-corrected chi connectivity index (χ0v) is 12.8. The fourth-order valence-electron chi connectivity index (χ4n) is 3.23. The molecule has 0 bridgehead atoms. The van der Waals surface area contributed by atoms with Gasteiger partial charge in [-0.15, -0.1) is 5.10 Å². The molecule has 1 amide bonds. The molecule has 6 heteroatoms. The molecule has 116 valence electrons. The number of hydrogen-bond donors (Lipinski definition) is 0. The van der Waals surface area contributed by atoms with E-state index < -0.39 is 0 Å². The number of nitrogens with zero attached hydrogens (tertiary/aromatic N) is 5. The Balaban J connectivity index is 1.53. The first-order valence-corrected chi connectivity index (χ1v) is 7.75. The summed E-state index contributed by atoms with van der Waals surface area (Å²) in [5.74, 6) is 0.691. The van der Waals surface area contributed by atoms with E-state index in [2.05, 4.69) is 45.9 Å². The minimum Gasteiger partial charge on any atom is -0.341 e. The van der Waals surface area contributed by atoms with Crippen molar-refractivity contribution in [3.05, 3.63) is 42.2 Å². The summed E-state index contributed by atoms with van der Waals surface area (Å²) in [7, 11) is 1.89. The number of rotatable bonds is 4. The molecule has 1 saturated carbocycles. The maximum absolute atomic E-state index is 12.3. The van der Waals surface area contributed by atoms with Gasteiger partial charge in [-0.25, -0.2) is 4.68 Å². The van der Waals surface area contributed by atoms with Gasteiger partial charge in [0.05, 0.1) is 0 Å². The Morgan fingerprint density at radius 2 is 1.95 bits per heavy atom. The van der Waals surface area contributed by atoms with Crippen LogP contribution >= 0.6 is 0 Å². The number of likely N-dealkylation sites (N-methyl/N-ethyl adjacent to an activating group) is 1. The topological polar surface area (TPSA) is 63.9 Å². The van der Waals surface area contributed by atoms with E-state index in [1.165, 1.54) is 16.6 Å². The lowest BCUT2D eigenvalue weighted by Crippen LogP contribution is -2.41. The second kappa shape index (κ2) is 6.68. The number of aromatic nitrogens is 4. The minimum absolute atomic E-state index is 0.0652. The summed E-state index contributed by atoms with van der Waals surface area (Å²) in [4.78, 5) is 14.1. The molecule has 22 heavy (non-hydrogen) atoms. The second-order valence-electron chi connectivity index (χ2n) is 5.93. The number of tetrazole rings is 1. The van der Waals surface area contributed by atoms with Crippen molar-refractivity contribution in [1.29, 1.82) is 0 Å². The maximum Gasteiger partial charge on any atom is 0.244 e. The maximum atomic E-state index is 12.3. The van der Waals surface area contributed by atoms with Crippen LogP contribution in [0.25, 0.3) is 0 Å². The van der Waals surface area contributed by atoms with Gasteiger partial charge in [-0.05, 0) is 47.6 Å². The molecule has 1 heterocycles. The van der Waals surface area contributed by atoms with Gasteiger partial charge < -0.3 is 4.90 Å². The molecule has 2 aromatic rings. The number of benzene rings is 1. The van der Waals surface area contributed by atoms with Crippen molar-refractivity contribution < 1.29 is 4.79 Å². The Bertz CT molecular complexity index is 590. The standard InChI is InChI=1S/C16H21N5O/c1-20(16(22)11-21-12-17-18-19-21)15-9-7-14(8-10-15)13-5-3-2-4-6-13/h2-6,12,14-15H,7-11H2,1H3. The van der Waals surface area contributed by atoms with E-state index in [9.17, 15) is 4.79 Å². The van der Waals surface area contributed by atoms with Crippen molar-refractivity contribution in [3.8, 4) is 0 Å². The molecular formula is C16H21N5O. The molecule has 0 saturated heterocycles. The van der Waals surface area contributed by atoms with Crippen molar-refractivity contribution in [1.82, 2.24) is 25.1 Å². The molecule has 0 unspecified atom stereocenters. The van der Waals surface area contributed by atoms with Crippen LogP contribution in [0.3, 0.4) is 0 Å². The highest BCUT2D eigenvalue weighted by Gasteiger charge is 2.27. The van der Waals surface area contributed by atoms with Crippen LogP contribution in [0.1, 0.15) is 37.2 Å². The van der Waals surface area contributed by atoms with Gasteiger partial charge in [0.25, 0.3) is 0 Å². The van der Waals surface area contributed by atoms with Crippen LogP contribution in [0.15, 0.2) is 36.7 Å². The number of carbonyl (C=O) groups is 1. The molecule has 1 fully saturated rings. The Labute approximate surface area is 130 Å². The summed E-state index contributed by atoms with van der Waals surface area (Å²) in [6.45, 7) is 0.210. The van der Waals surface area contributed by atoms with Gasteiger partial charge in [-0.2, -0.15) is 0 Å². The highest BCUT2D eigenvalue weighted by atomic mass is 16.2. The number of amides is 1. The summed E-state index contributed by atoms with van der Waals surface area (Å²) in [5.41, 5.74) is 1.42. The molecule has 0 N–H and O–H groups in total. The van der Waals surface area contributed by atoms with Gasteiger partial charge in [0.15, 0.2) is 0 Å². The van der Waals surface area contributed by atoms with Crippen molar-refractivity contribution in [2.75, 3.05) is 7.05 Å². The molecule has 1 aliphatic rings. The molecule has 6 nitrogen and oxygen atoms in total. The van der Waals surface area contributed by atoms with E-state index in [1.807, 2.05) is 11.9 Å². The Hall–Kier alpha value is -2.24. The van der Waals surface area contributed by atoms with Crippen molar-refractivity contribution in [2.24, 2.45) is 0 Å². The Morgan fingerprint density at radius 3 is 2.59 bits per heavy atom. The normalized spacial score (nSPS) is 21.5. The average molecular weight is 299 g/mol. The van der Waals surface area contributed by atoms with Crippen LogP contribution in [0.4, 0.5) is 0 Å². The van der Waals surface area contributed by atoms with Crippen LogP contribution in [-0.4, -0.2) is 44.1 Å². The van der Waals surface area contributed by atoms with E-state index in [-0.39, 0.29) is 12.5 Å². The average Bonchev–Trinajstić information content (AvgIpc) is 3.08. The van der Waals surface area contributed by atoms with E-state index in [1.54, 1.807) is 0 Å². The first-order chi connectivity index (χ1) is 10.7. The molecule has 0 spiro atoms. The molecule has 1 aliphatic carbocycles. The van der Waals surface area contributed by atoms with E-state index in [4.69, 9.17) is 0 Å². The highest BCUT2D eigenvalue weighted by molar-refractivity contribution is 5.75. The Morgan fingerprint density at radius 1 is 1.23 bits per heavy atom. The predicted octanol–water partition coefficient (Wildman–Crippen LogP) is 1.86. The predicted molar refractivity (Wildman–Crippen MR) is 82.0 cm³/mol. The van der Waals surface area contributed by atoms with Crippen LogP contribution in [0, 0.1) is 0 Å². The molecule has 0 atom stereocenters. The van der Waals surface area contributed by atoms with Gasteiger partial charge in [-0.1, -0.05) is 30.3 Å². The summed E-state index contributed by atoms with van der Waals surface area (Å²) in [6, 6.07) is 11.0. The van der Waals surface area contributed by atoms with Gasteiger partial charge >= 0.3 is 0 Å². The SMILES string of the molecule is CN(C(=O)Cn1cnnn1)C1CCC(c2ccccc2)CC1. The van der Waals surface area contributed by atoms with Gasteiger partial charge in [0, 0.05) is 13.1 Å². The lowest BCUT2D eigenvalue weighted by Gasteiger charge is -2.34. The number of carbonyl (C=O) groups excluding carboxylic acids is 1. The van der Waals surface area contributed by atoms with E-state index in [0.717, 1.165) is 25.7 Å². The van der Waals surface area contributed by atoms with E-state index in [0.29, 0.717) is 12.0 Å². The lowest BCUT2D eigenvalue weighted by atomic mass is 9.81. The van der Waals surface area contributed by atoms with Crippen LogP contribution in [-0.2, 0) is 11.3 Å². The fourth-order valence-corrected chi connectivity index (χ4v) is 3.23. The summed E-state index contributed by atoms with van der Waals surface area (Å²) < 4.78 is 1.47. The van der Waals surface area contributed by atoms with Crippen LogP contribution in [0.2, 0.25) is 0 Å². The van der Waals surface area contributed by atoms with Crippen molar-refractivity contribution in [2.45, 2.75) is 44.2 Å². The summed E-state index contributed by atoms with van der Waals surface area (Å²) in [6.07, 6.45) is 5.85. The second-order valence-corrected chi connectivity index (χ2v) is 5.93. The third-order valence-corrected chi connectivity index (χ3v) is 4.60. The first kappa shape index (κ1) is 14.7.